The third kappa shape index (κ3) is 2.85. The minimum atomic E-state index is 0.132. The molecule has 0 bridgehead atoms. The molecule has 106 valence electrons. The van der Waals surface area contributed by atoms with Crippen molar-refractivity contribution in [2.75, 3.05) is 26.9 Å². The molecule has 2 atom stereocenters. The zero-order valence-electron chi connectivity index (χ0n) is 11.8. The molecule has 2 aromatic carbocycles. The molecule has 0 amide bonds. The Balaban J connectivity index is 1.83. The van der Waals surface area contributed by atoms with E-state index < -0.39 is 0 Å². The molecule has 3 rings (SSSR count). The SMILES string of the molecule is CNC(Cc1cccc2ccccc12)C1COCCO1. The van der Waals surface area contributed by atoms with Crippen molar-refractivity contribution in [2.45, 2.75) is 18.6 Å². The summed E-state index contributed by atoms with van der Waals surface area (Å²) in [5.41, 5.74) is 1.36. The van der Waals surface area contributed by atoms with Crippen LogP contribution in [0, 0.1) is 0 Å². The van der Waals surface area contributed by atoms with Crippen molar-refractivity contribution in [3.8, 4) is 0 Å². The largest absolute Gasteiger partial charge is 0.376 e. The van der Waals surface area contributed by atoms with Gasteiger partial charge in [0.2, 0.25) is 0 Å². The third-order valence-electron chi connectivity index (χ3n) is 3.98. The Morgan fingerprint density at radius 1 is 1.15 bits per heavy atom. The van der Waals surface area contributed by atoms with Gasteiger partial charge in [0, 0.05) is 6.04 Å². The molecule has 1 aliphatic rings. The standard InChI is InChI=1S/C17H21NO2/c1-18-16(17-12-19-9-10-20-17)11-14-7-4-6-13-5-2-3-8-15(13)14/h2-8,16-18H,9-12H2,1H3. The van der Waals surface area contributed by atoms with E-state index in [4.69, 9.17) is 9.47 Å². The Morgan fingerprint density at radius 2 is 2.00 bits per heavy atom. The molecular formula is C17H21NO2. The molecule has 1 fully saturated rings. The minimum Gasteiger partial charge on any atom is -0.376 e. The number of hydrogen-bond acceptors (Lipinski definition) is 3. The third-order valence-corrected chi connectivity index (χ3v) is 3.98. The molecular weight excluding hydrogens is 250 g/mol. The van der Waals surface area contributed by atoms with Gasteiger partial charge in [-0.05, 0) is 29.8 Å². The van der Waals surface area contributed by atoms with Crippen LogP contribution < -0.4 is 5.32 Å². The van der Waals surface area contributed by atoms with Crippen molar-refractivity contribution in [3.63, 3.8) is 0 Å². The molecule has 20 heavy (non-hydrogen) atoms. The second-order valence-electron chi connectivity index (χ2n) is 5.22. The second-order valence-corrected chi connectivity index (χ2v) is 5.22. The quantitative estimate of drug-likeness (QED) is 0.926. The smallest absolute Gasteiger partial charge is 0.0965 e. The van der Waals surface area contributed by atoms with Gasteiger partial charge in [0.25, 0.3) is 0 Å². The maximum absolute atomic E-state index is 5.83. The normalized spacial score (nSPS) is 20.9. The topological polar surface area (TPSA) is 30.5 Å². The van der Waals surface area contributed by atoms with E-state index in [1.165, 1.54) is 16.3 Å². The molecule has 0 radical (unpaired) electrons. The van der Waals surface area contributed by atoms with Gasteiger partial charge < -0.3 is 14.8 Å². The van der Waals surface area contributed by atoms with Crippen molar-refractivity contribution in [3.05, 3.63) is 48.0 Å². The maximum Gasteiger partial charge on any atom is 0.0965 e. The van der Waals surface area contributed by atoms with Gasteiger partial charge in [-0.1, -0.05) is 42.5 Å². The van der Waals surface area contributed by atoms with Gasteiger partial charge in [0.15, 0.2) is 0 Å². The van der Waals surface area contributed by atoms with Gasteiger partial charge in [0.1, 0.15) is 0 Å². The van der Waals surface area contributed by atoms with Crippen LogP contribution in [0.1, 0.15) is 5.56 Å². The summed E-state index contributed by atoms with van der Waals surface area (Å²) in [6.45, 7) is 2.08. The van der Waals surface area contributed by atoms with Gasteiger partial charge in [-0.15, -0.1) is 0 Å². The number of benzene rings is 2. The first-order valence-corrected chi connectivity index (χ1v) is 7.22. The molecule has 0 saturated carbocycles. The average molecular weight is 271 g/mol. The first kappa shape index (κ1) is 13.6. The van der Waals surface area contributed by atoms with E-state index in [-0.39, 0.29) is 12.1 Å². The highest BCUT2D eigenvalue weighted by Gasteiger charge is 2.24. The van der Waals surface area contributed by atoms with Crippen LogP contribution in [0.25, 0.3) is 10.8 Å². The minimum absolute atomic E-state index is 0.132. The fourth-order valence-electron chi connectivity index (χ4n) is 2.87. The highest BCUT2D eigenvalue weighted by atomic mass is 16.6. The van der Waals surface area contributed by atoms with Crippen molar-refractivity contribution in [2.24, 2.45) is 0 Å². The lowest BCUT2D eigenvalue weighted by molar-refractivity contribution is -0.100. The summed E-state index contributed by atoms with van der Waals surface area (Å²) < 4.78 is 11.4. The highest BCUT2D eigenvalue weighted by Crippen LogP contribution is 2.21. The molecule has 0 spiro atoms. The molecule has 1 aliphatic heterocycles. The number of rotatable bonds is 4. The van der Waals surface area contributed by atoms with Gasteiger partial charge in [-0.2, -0.15) is 0 Å². The molecule has 3 heteroatoms. The highest BCUT2D eigenvalue weighted by molar-refractivity contribution is 5.85. The Morgan fingerprint density at radius 3 is 2.80 bits per heavy atom. The number of fused-ring (bicyclic) bond motifs is 1. The number of likely N-dealkylation sites (N-methyl/N-ethyl adjacent to an activating group) is 1. The zero-order chi connectivity index (χ0) is 13.8. The average Bonchev–Trinajstić information content (AvgIpc) is 2.53. The second kappa shape index (κ2) is 6.35. The van der Waals surface area contributed by atoms with Crippen LogP contribution in [-0.4, -0.2) is 39.0 Å². The van der Waals surface area contributed by atoms with Gasteiger partial charge in [-0.25, -0.2) is 0 Å². The fourth-order valence-corrected chi connectivity index (χ4v) is 2.87. The van der Waals surface area contributed by atoms with Crippen molar-refractivity contribution >= 4 is 10.8 Å². The summed E-state index contributed by atoms with van der Waals surface area (Å²) in [5, 5.41) is 6.00. The van der Waals surface area contributed by atoms with E-state index >= 15 is 0 Å². The van der Waals surface area contributed by atoms with Crippen LogP contribution in [-0.2, 0) is 15.9 Å². The van der Waals surface area contributed by atoms with Crippen molar-refractivity contribution in [1.29, 1.82) is 0 Å². The molecule has 1 N–H and O–H groups in total. The van der Waals surface area contributed by atoms with Crippen molar-refractivity contribution < 1.29 is 9.47 Å². The maximum atomic E-state index is 5.83. The van der Waals surface area contributed by atoms with Crippen LogP contribution in [0.3, 0.4) is 0 Å². The van der Waals surface area contributed by atoms with Crippen molar-refractivity contribution in [1.82, 2.24) is 5.32 Å². The number of ether oxygens (including phenoxy) is 2. The van der Waals surface area contributed by atoms with E-state index in [2.05, 4.69) is 47.8 Å². The first-order valence-electron chi connectivity index (χ1n) is 7.22. The van der Waals surface area contributed by atoms with Crippen LogP contribution in [0.5, 0.6) is 0 Å². The Hall–Kier alpha value is -1.42. The predicted octanol–water partition coefficient (Wildman–Crippen LogP) is 2.39. The lowest BCUT2D eigenvalue weighted by Gasteiger charge is -2.30. The molecule has 2 unspecified atom stereocenters. The van der Waals surface area contributed by atoms with Crippen LogP contribution in [0.4, 0.5) is 0 Å². The van der Waals surface area contributed by atoms with E-state index in [0.29, 0.717) is 19.8 Å². The summed E-state index contributed by atoms with van der Waals surface area (Å²) in [4.78, 5) is 0. The summed E-state index contributed by atoms with van der Waals surface area (Å²) in [7, 11) is 1.99. The Bertz CT molecular complexity index is 558. The molecule has 1 saturated heterocycles. The summed E-state index contributed by atoms with van der Waals surface area (Å²) in [5.74, 6) is 0. The lowest BCUT2D eigenvalue weighted by atomic mass is 9.96. The van der Waals surface area contributed by atoms with Gasteiger partial charge in [0.05, 0.1) is 25.9 Å². The molecule has 1 heterocycles. The Kier molecular flexibility index (Phi) is 4.31. The van der Waals surface area contributed by atoms with Gasteiger partial charge in [-0.3, -0.25) is 0 Å². The Labute approximate surface area is 119 Å². The van der Waals surface area contributed by atoms with E-state index in [1.807, 2.05) is 7.05 Å². The van der Waals surface area contributed by atoms with Gasteiger partial charge >= 0.3 is 0 Å². The van der Waals surface area contributed by atoms with E-state index in [1.54, 1.807) is 0 Å². The lowest BCUT2D eigenvalue weighted by Crippen LogP contribution is -2.46. The summed E-state index contributed by atoms with van der Waals surface area (Å²) in [6, 6.07) is 15.3. The molecule has 2 aromatic rings. The predicted molar refractivity (Wildman–Crippen MR) is 81.1 cm³/mol. The monoisotopic (exact) mass is 271 g/mol. The summed E-state index contributed by atoms with van der Waals surface area (Å²) >= 11 is 0. The first-order chi connectivity index (χ1) is 9.88. The molecule has 3 nitrogen and oxygen atoms in total. The molecule has 0 aliphatic carbocycles. The molecule has 0 aromatic heterocycles. The number of nitrogens with one attached hydrogen (secondary N) is 1. The number of hydrogen-bond donors (Lipinski definition) is 1. The fraction of sp³-hybridized carbons (Fsp3) is 0.412. The summed E-state index contributed by atoms with van der Waals surface area (Å²) in [6.07, 6.45) is 1.08. The van der Waals surface area contributed by atoms with Crippen LogP contribution >= 0.6 is 0 Å². The van der Waals surface area contributed by atoms with Crippen LogP contribution in [0.2, 0.25) is 0 Å². The van der Waals surface area contributed by atoms with E-state index in [0.717, 1.165) is 6.42 Å². The van der Waals surface area contributed by atoms with E-state index in [9.17, 15) is 0 Å². The zero-order valence-corrected chi connectivity index (χ0v) is 11.8. The van der Waals surface area contributed by atoms with Crippen LogP contribution in [0.15, 0.2) is 42.5 Å².